The molecule has 0 aromatic carbocycles. The molecule has 0 aromatic heterocycles. The van der Waals surface area contributed by atoms with Gasteiger partial charge >= 0.3 is 0 Å². The molecule has 20 heavy (non-hydrogen) atoms. The minimum absolute atomic E-state index is 0.0162. The fourth-order valence-corrected chi connectivity index (χ4v) is 3.02. The van der Waals surface area contributed by atoms with Gasteiger partial charge in [-0.1, -0.05) is 39.7 Å². The molecule has 0 rings (SSSR count). The van der Waals surface area contributed by atoms with Crippen molar-refractivity contribution in [3.63, 3.8) is 0 Å². The summed E-state index contributed by atoms with van der Waals surface area (Å²) < 4.78 is 6.19. The fourth-order valence-electron chi connectivity index (χ4n) is 3.02. The molecule has 0 aliphatic heterocycles. The molecule has 1 unspecified atom stereocenters. The minimum atomic E-state index is 0.0162. The third kappa shape index (κ3) is 6.90. The molecule has 120 valence electrons. The average molecular weight is 284 g/mol. The molecule has 0 amide bonds. The molecule has 1 atom stereocenters. The van der Waals surface area contributed by atoms with Gasteiger partial charge in [-0.2, -0.15) is 0 Å². The molecule has 0 bridgehead atoms. The predicted molar refractivity (Wildman–Crippen MR) is 90.3 cm³/mol. The lowest BCUT2D eigenvalue weighted by Crippen LogP contribution is -2.52. The maximum Gasteiger partial charge on any atom is 0.0829 e. The van der Waals surface area contributed by atoms with Crippen molar-refractivity contribution < 1.29 is 4.74 Å². The van der Waals surface area contributed by atoms with E-state index in [4.69, 9.17) is 4.74 Å². The van der Waals surface area contributed by atoms with Crippen LogP contribution in [-0.4, -0.2) is 24.8 Å². The van der Waals surface area contributed by atoms with Gasteiger partial charge in [-0.3, -0.25) is 0 Å². The smallest absolute Gasteiger partial charge is 0.0829 e. The molecule has 0 radical (unpaired) electrons. The molecule has 1 N–H and O–H groups in total. The van der Waals surface area contributed by atoms with Gasteiger partial charge in [0, 0.05) is 12.6 Å². The van der Waals surface area contributed by atoms with E-state index in [1.807, 2.05) is 6.08 Å². The summed E-state index contributed by atoms with van der Waals surface area (Å²) in [5.41, 5.74) is 0.0162. The molecular formula is C18H37NO. The Morgan fingerprint density at radius 3 is 2.30 bits per heavy atom. The van der Waals surface area contributed by atoms with Crippen LogP contribution in [0.15, 0.2) is 12.7 Å². The van der Waals surface area contributed by atoms with E-state index < -0.39 is 0 Å². The van der Waals surface area contributed by atoms with Crippen LogP contribution >= 0.6 is 0 Å². The van der Waals surface area contributed by atoms with Crippen molar-refractivity contribution in [1.82, 2.24) is 5.32 Å². The Morgan fingerprint density at radius 1 is 1.10 bits per heavy atom. The Hall–Kier alpha value is -0.340. The van der Waals surface area contributed by atoms with Crippen molar-refractivity contribution >= 4 is 0 Å². The predicted octanol–water partition coefficient (Wildman–Crippen LogP) is 5.09. The molecule has 2 nitrogen and oxygen atoms in total. The second-order valence-electron chi connectivity index (χ2n) is 5.64. The molecule has 0 aromatic rings. The summed E-state index contributed by atoms with van der Waals surface area (Å²) in [5.74, 6) is 0. The number of ether oxygens (including phenoxy) is 1. The van der Waals surface area contributed by atoms with E-state index in [0.717, 1.165) is 32.4 Å². The first-order chi connectivity index (χ1) is 9.70. The van der Waals surface area contributed by atoms with Crippen LogP contribution in [0.2, 0.25) is 0 Å². The van der Waals surface area contributed by atoms with Crippen molar-refractivity contribution in [2.75, 3.05) is 13.2 Å². The van der Waals surface area contributed by atoms with E-state index in [0.29, 0.717) is 6.04 Å². The summed E-state index contributed by atoms with van der Waals surface area (Å²) in [6, 6.07) is 0.487. The molecule has 0 fully saturated rings. The maximum absolute atomic E-state index is 6.19. The second-order valence-corrected chi connectivity index (χ2v) is 5.64. The normalized spacial score (nSPS) is 13.4. The zero-order valence-electron chi connectivity index (χ0n) is 14.3. The Morgan fingerprint density at radius 2 is 1.80 bits per heavy atom. The van der Waals surface area contributed by atoms with Crippen LogP contribution in [-0.2, 0) is 4.74 Å². The third-order valence-electron chi connectivity index (χ3n) is 4.31. The average Bonchev–Trinajstić information content (AvgIpc) is 2.48. The van der Waals surface area contributed by atoms with E-state index >= 15 is 0 Å². The van der Waals surface area contributed by atoms with Gasteiger partial charge in [0.25, 0.3) is 0 Å². The molecule has 2 heteroatoms. The lowest BCUT2D eigenvalue weighted by Gasteiger charge is -2.40. The van der Waals surface area contributed by atoms with Gasteiger partial charge < -0.3 is 10.1 Å². The van der Waals surface area contributed by atoms with E-state index in [2.05, 4.69) is 39.6 Å². The van der Waals surface area contributed by atoms with Crippen molar-refractivity contribution in [3.05, 3.63) is 12.7 Å². The van der Waals surface area contributed by atoms with Gasteiger partial charge in [-0.25, -0.2) is 0 Å². The van der Waals surface area contributed by atoms with Crippen LogP contribution in [0.25, 0.3) is 0 Å². The Bertz CT molecular complexity index is 223. The lowest BCUT2D eigenvalue weighted by molar-refractivity contribution is -0.0741. The standard InChI is InChI=1S/C18H37NO/c1-6-11-12-13-14-15-17(19-16-7-2)18(8-3,9-4)20-10-5/h6,17,19H,1,7-16H2,2-5H3. The highest BCUT2D eigenvalue weighted by molar-refractivity contribution is 4.91. The number of hydrogen-bond acceptors (Lipinski definition) is 2. The zero-order chi connectivity index (χ0) is 15.3. The number of allylic oxidation sites excluding steroid dienone is 1. The van der Waals surface area contributed by atoms with Crippen molar-refractivity contribution in [2.24, 2.45) is 0 Å². The molecule has 0 heterocycles. The summed E-state index contributed by atoms with van der Waals surface area (Å²) >= 11 is 0. The largest absolute Gasteiger partial charge is 0.374 e. The monoisotopic (exact) mass is 283 g/mol. The maximum atomic E-state index is 6.19. The Kier molecular flexibility index (Phi) is 12.2. The van der Waals surface area contributed by atoms with Crippen LogP contribution in [0.3, 0.4) is 0 Å². The summed E-state index contributed by atoms with van der Waals surface area (Å²) in [4.78, 5) is 0. The number of rotatable bonds is 14. The first kappa shape index (κ1) is 19.7. The van der Waals surface area contributed by atoms with Gasteiger partial charge in [0.1, 0.15) is 0 Å². The van der Waals surface area contributed by atoms with Crippen LogP contribution in [0.1, 0.15) is 79.1 Å². The zero-order valence-corrected chi connectivity index (χ0v) is 14.3. The summed E-state index contributed by atoms with van der Waals surface area (Å²) in [5, 5.41) is 3.74. The van der Waals surface area contributed by atoms with Gasteiger partial charge in [0.15, 0.2) is 0 Å². The highest BCUT2D eigenvalue weighted by Gasteiger charge is 2.35. The molecule has 0 aliphatic rings. The quantitative estimate of drug-likeness (QED) is 0.354. The summed E-state index contributed by atoms with van der Waals surface area (Å²) in [6.45, 7) is 14.6. The van der Waals surface area contributed by atoms with Crippen molar-refractivity contribution in [2.45, 2.75) is 90.7 Å². The van der Waals surface area contributed by atoms with E-state index in [9.17, 15) is 0 Å². The van der Waals surface area contributed by atoms with Crippen molar-refractivity contribution in [3.8, 4) is 0 Å². The van der Waals surface area contributed by atoms with Crippen LogP contribution < -0.4 is 5.32 Å². The third-order valence-corrected chi connectivity index (χ3v) is 4.31. The topological polar surface area (TPSA) is 21.3 Å². The summed E-state index contributed by atoms with van der Waals surface area (Å²) in [6.07, 6.45) is 11.6. The van der Waals surface area contributed by atoms with Gasteiger partial charge in [-0.15, -0.1) is 6.58 Å². The van der Waals surface area contributed by atoms with E-state index in [-0.39, 0.29) is 5.60 Å². The second kappa shape index (κ2) is 12.4. The highest BCUT2D eigenvalue weighted by atomic mass is 16.5. The first-order valence-corrected chi connectivity index (χ1v) is 8.68. The fraction of sp³-hybridized carbons (Fsp3) is 0.889. The molecule has 0 saturated heterocycles. The van der Waals surface area contributed by atoms with Gasteiger partial charge in [0.2, 0.25) is 0 Å². The lowest BCUT2D eigenvalue weighted by atomic mass is 9.84. The molecule has 0 saturated carbocycles. The van der Waals surface area contributed by atoms with Crippen molar-refractivity contribution in [1.29, 1.82) is 0 Å². The Labute approximate surface area is 127 Å². The van der Waals surface area contributed by atoms with E-state index in [1.54, 1.807) is 0 Å². The SMILES string of the molecule is C=CCCCCCC(NCCC)C(CC)(CC)OCC. The number of hydrogen-bond donors (Lipinski definition) is 1. The first-order valence-electron chi connectivity index (χ1n) is 8.68. The summed E-state index contributed by atoms with van der Waals surface area (Å²) in [7, 11) is 0. The van der Waals surface area contributed by atoms with Crippen LogP contribution in [0, 0.1) is 0 Å². The van der Waals surface area contributed by atoms with E-state index in [1.165, 1.54) is 32.1 Å². The van der Waals surface area contributed by atoms with Crippen LogP contribution in [0.5, 0.6) is 0 Å². The highest BCUT2D eigenvalue weighted by Crippen LogP contribution is 2.28. The minimum Gasteiger partial charge on any atom is -0.374 e. The molecule has 0 aliphatic carbocycles. The Balaban J connectivity index is 4.51. The molecular weight excluding hydrogens is 246 g/mol. The number of unbranched alkanes of at least 4 members (excludes halogenated alkanes) is 3. The number of nitrogens with one attached hydrogen (secondary N) is 1. The molecule has 0 spiro atoms. The van der Waals surface area contributed by atoms with Gasteiger partial charge in [-0.05, 0) is 52.0 Å². The van der Waals surface area contributed by atoms with Gasteiger partial charge in [0.05, 0.1) is 5.60 Å². The van der Waals surface area contributed by atoms with Crippen LogP contribution in [0.4, 0.5) is 0 Å².